The Morgan fingerprint density at radius 2 is 1.95 bits per heavy atom. The van der Waals surface area contributed by atoms with E-state index in [4.69, 9.17) is 10.3 Å². The van der Waals surface area contributed by atoms with Gasteiger partial charge in [-0.25, -0.2) is 10.8 Å². The third-order valence-electron chi connectivity index (χ3n) is 2.80. The number of benzene rings is 2. The molecule has 0 atom stereocenters. The van der Waals surface area contributed by atoms with Gasteiger partial charge in [0, 0.05) is 11.1 Å². The van der Waals surface area contributed by atoms with Crippen LogP contribution in [0.1, 0.15) is 10.4 Å². The topological polar surface area (TPSA) is 81.1 Å². The van der Waals surface area contributed by atoms with Crippen molar-refractivity contribution >= 4 is 17.0 Å². The second-order valence-corrected chi connectivity index (χ2v) is 4.04. The molecule has 19 heavy (non-hydrogen) atoms. The summed E-state index contributed by atoms with van der Waals surface area (Å²) in [7, 11) is 0. The van der Waals surface area contributed by atoms with Gasteiger partial charge < -0.3 is 4.42 Å². The third-order valence-corrected chi connectivity index (χ3v) is 2.80. The fraction of sp³-hybridized carbons (Fsp3) is 0. The number of amides is 1. The van der Waals surface area contributed by atoms with Crippen molar-refractivity contribution in [2.75, 3.05) is 0 Å². The van der Waals surface area contributed by atoms with Crippen molar-refractivity contribution in [3.63, 3.8) is 0 Å². The van der Waals surface area contributed by atoms with E-state index in [0.717, 1.165) is 5.56 Å². The average molecular weight is 253 g/mol. The minimum Gasteiger partial charge on any atom is -0.436 e. The Labute approximate surface area is 109 Å². The number of aromatic nitrogens is 1. The van der Waals surface area contributed by atoms with Gasteiger partial charge in [-0.2, -0.15) is 0 Å². The molecule has 1 aromatic heterocycles. The predicted molar refractivity (Wildman–Crippen MR) is 71.1 cm³/mol. The smallest absolute Gasteiger partial charge is 0.265 e. The highest BCUT2D eigenvalue weighted by atomic mass is 16.3. The summed E-state index contributed by atoms with van der Waals surface area (Å²) in [5, 5.41) is 0. The van der Waals surface area contributed by atoms with Crippen LogP contribution in [0.5, 0.6) is 0 Å². The molecule has 0 saturated heterocycles. The molecule has 0 spiro atoms. The molecule has 3 rings (SSSR count). The Kier molecular flexibility index (Phi) is 2.74. The third kappa shape index (κ3) is 2.07. The highest BCUT2D eigenvalue weighted by Crippen LogP contribution is 2.24. The van der Waals surface area contributed by atoms with Gasteiger partial charge in [0.15, 0.2) is 5.58 Å². The molecule has 1 amide bonds. The number of nitrogens with two attached hydrogens (primary N) is 1. The van der Waals surface area contributed by atoms with Gasteiger partial charge in [0.25, 0.3) is 5.91 Å². The molecule has 0 unspecified atom stereocenters. The van der Waals surface area contributed by atoms with Crippen LogP contribution in [-0.4, -0.2) is 10.9 Å². The van der Waals surface area contributed by atoms with E-state index in [1.54, 1.807) is 18.2 Å². The number of oxazole rings is 1. The van der Waals surface area contributed by atoms with Crippen LogP contribution < -0.4 is 11.3 Å². The number of nitrogen functional groups attached to an aromatic ring is 1. The zero-order valence-corrected chi connectivity index (χ0v) is 9.96. The normalized spacial score (nSPS) is 10.6. The largest absolute Gasteiger partial charge is 0.436 e. The number of hydrogen-bond donors (Lipinski definition) is 2. The van der Waals surface area contributed by atoms with E-state index in [9.17, 15) is 4.79 Å². The molecule has 0 fully saturated rings. The average Bonchev–Trinajstić information content (AvgIpc) is 2.90. The Bertz CT molecular complexity index is 735. The number of nitrogens with zero attached hydrogens (tertiary/aromatic N) is 1. The van der Waals surface area contributed by atoms with Gasteiger partial charge >= 0.3 is 0 Å². The fourth-order valence-electron chi connectivity index (χ4n) is 1.85. The molecule has 3 aromatic rings. The predicted octanol–water partition coefficient (Wildman–Crippen LogP) is 2.10. The van der Waals surface area contributed by atoms with Gasteiger partial charge in [0.05, 0.1) is 0 Å². The van der Waals surface area contributed by atoms with Crippen molar-refractivity contribution in [2.24, 2.45) is 5.84 Å². The maximum atomic E-state index is 11.4. The van der Waals surface area contributed by atoms with E-state index >= 15 is 0 Å². The second kappa shape index (κ2) is 4.55. The lowest BCUT2D eigenvalue weighted by Gasteiger charge is -1.97. The Hall–Kier alpha value is -2.66. The number of nitrogens with one attached hydrogen (secondary N) is 1. The molecular weight excluding hydrogens is 242 g/mol. The zero-order valence-electron chi connectivity index (χ0n) is 9.96. The SMILES string of the molecule is NNC(=O)c1ccc2nc(-c3ccccc3)oc2c1. The summed E-state index contributed by atoms with van der Waals surface area (Å²) >= 11 is 0. The molecule has 1 heterocycles. The first kappa shape index (κ1) is 11.4. The van der Waals surface area contributed by atoms with E-state index < -0.39 is 0 Å². The van der Waals surface area contributed by atoms with Gasteiger partial charge in [0.2, 0.25) is 5.89 Å². The Morgan fingerprint density at radius 1 is 1.16 bits per heavy atom. The monoisotopic (exact) mass is 253 g/mol. The summed E-state index contributed by atoms with van der Waals surface area (Å²) in [5.74, 6) is 5.27. The van der Waals surface area contributed by atoms with E-state index in [1.165, 1.54) is 0 Å². The first-order valence-electron chi connectivity index (χ1n) is 5.75. The van der Waals surface area contributed by atoms with Crippen LogP contribution >= 0.6 is 0 Å². The number of hydrazine groups is 1. The maximum absolute atomic E-state index is 11.4. The van der Waals surface area contributed by atoms with E-state index in [2.05, 4.69) is 10.4 Å². The van der Waals surface area contributed by atoms with Crippen molar-refractivity contribution in [1.82, 2.24) is 10.4 Å². The summed E-state index contributed by atoms with van der Waals surface area (Å²) < 4.78 is 5.66. The van der Waals surface area contributed by atoms with E-state index in [-0.39, 0.29) is 5.91 Å². The summed E-state index contributed by atoms with van der Waals surface area (Å²) in [6.07, 6.45) is 0. The van der Waals surface area contributed by atoms with Crippen LogP contribution in [-0.2, 0) is 0 Å². The number of carbonyl (C=O) groups is 1. The van der Waals surface area contributed by atoms with Crippen molar-refractivity contribution in [3.8, 4) is 11.5 Å². The first-order chi connectivity index (χ1) is 9.28. The fourth-order valence-corrected chi connectivity index (χ4v) is 1.85. The van der Waals surface area contributed by atoms with Gasteiger partial charge in [-0.3, -0.25) is 10.2 Å². The number of rotatable bonds is 2. The van der Waals surface area contributed by atoms with Gasteiger partial charge in [0.1, 0.15) is 5.52 Å². The molecule has 0 bridgehead atoms. The van der Waals surface area contributed by atoms with Crippen LogP contribution in [0.25, 0.3) is 22.6 Å². The summed E-state index contributed by atoms with van der Waals surface area (Å²) in [4.78, 5) is 15.8. The minimum atomic E-state index is -0.362. The van der Waals surface area contributed by atoms with E-state index in [0.29, 0.717) is 22.6 Å². The Morgan fingerprint density at radius 3 is 2.68 bits per heavy atom. The molecular formula is C14H11N3O2. The molecule has 2 aromatic carbocycles. The van der Waals surface area contributed by atoms with Crippen molar-refractivity contribution in [2.45, 2.75) is 0 Å². The lowest BCUT2D eigenvalue weighted by molar-refractivity contribution is 0.0953. The maximum Gasteiger partial charge on any atom is 0.265 e. The lowest BCUT2D eigenvalue weighted by Crippen LogP contribution is -2.29. The van der Waals surface area contributed by atoms with Crippen LogP contribution in [0.2, 0.25) is 0 Å². The molecule has 0 aliphatic carbocycles. The standard InChI is InChI=1S/C14H11N3O2/c15-17-13(18)10-6-7-11-12(8-10)19-14(16-11)9-4-2-1-3-5-9/h1-8H,15H2,(H,17,18). The number of hydrogen-bond acceptors (Lipinski definition) is 4. The molecule has 0 aliphatic rings. The van der Waals surface area contributed by atoms with Gasteiger partial charge in [-0.05, 0) is 30.3 Å². The first-order valence-corrected chi connectivity index (χ1v) is 5.75. The summed E-state index contributed by atoms with van der Waals surface area (Å²) in [6, 6.07) is 14.6. The highest BCUT2D eigenvalue weighted by molar-refractivity contribution is 5.96. The van der Waals surface area contributed by atoms with Crippen LogP contribution in [0.15, 0.2) is 52.9 Å². The number of carbonyl (C=O) groups excluding carboxylic acids is 1. The molecule has 0 aliphatic heterocycles. The van der Waals surface area contributed by atoms with E-state index in [1.807, 2.05) is 30.3 Å². The van der Waals surface area contributed by atoms with Crippen molar-refractivity contribution < 1.29 is 9.21 Å². The second-order valence-electron chi connectivity index (χ2n) is 4.04. The molecule has 3 N–H and O–H groups in total. The number of fused-ring (bicyclic) bond motifs is 1. The van der Waals surface area contributed by atoms with Gasteiger partial charge in [-0.1, -0.05) is 18.2 Å². The van der Waals surface area contributed by atoms with Crippen LogP contribution in [0, 0.1) is 0 Å². The van der Waals surface area contributed by atoms with Crippen molar-refractivity contribution in [3.05, 3.63) is 54.1 Å². The lowest BCUT2D eigenvalue weighted by atomic mass is 10.2. The Balaban J connectivity index is 2.09. The highest BCUT2D eigenvalue weighted by Gasteiger charge is 2.10. The summed E-state index contributed by atoms with van der Waals surface area (Å²) in [6.45, 7) is 0. The summed E-state index contributed by atoms with van der Waals surface area (Å²) in [5.41, 5.74) is 4.67. The minimum absolute atomic E-state index is 0.362. The van der Waals surface area contributed by atoms with Crippen LogP contribution in [0.4, 0.5) is 0 Å². The van der Waals surface area contributed by atoms with Crippen LogP contribution in [0.3, 0.4) is 0 Å². The molecule has 0 saturated carbocycles. The zero-order chi connectivity index (χ0) is 13.2. The quantitative estimate of drug-likeness (QED) is 0.416. The molecule has 94 valence electrons. The molecule has 5 nitrogen and oxygen atoms in total. The van der Waals surface area contributed by atoms with Crippen molar-refractivity contribution in [1.29, 1.82) is 0 Å². The molecule has 0 radical (unpaired) electrons. The molecule has 5 heteroatoms. The van der Waals surface area contributed by atoms with Gasteiger partial charge in [-0.15, -0.1) is 0 Å².